The van der Waals surface area contributed by atoms with Crippen molar-refractivity contribution < 1.29 is 18.9 Å². The predicted octanol–water partition coefficient (Wildman–Crippen LogP) is 4.20. The van der Waals surface area contributed by atoms with Gasteiger partial charge in [0.25, 0.3) is 0 Å². The van der Waals surface area contributed by atoms with Gasteiger partial charge in [0.05, 0.1) is 21.3 Å². The SMILES string of the molecule is COc1cc(CNCC2(c3ccc(Cl)cc3)CCOCC2)cc(OC)c1OC. The summed E-state index contributed by atoms with van der Waals surface area (Å²) in [6, 6.07) is 12.2. The fourth-order valence-electron chi connectivity index (χ4n) is 3.82. The Morgan fingerprint density at radius 3 is 2.11 bits per heavy atom. The summed E-state index contributed by atoms with van der Waals surface area (Å²) in [6.07, 6.45) is 1.97. The zero-order valence-electron chi connectivity index (χ0n) is 16.7. The second-order valence-electron chi connectivity index (χ2n) is 7.04. The molecule has 1 aliphatic heterocycles. The van der Waals surface area contributed by atoms with Gasteiger partial charge in [0, 0.05) is 36.7 Å². The summed E-state index contributed by atoms with van der Waals surface area (Å²) in [5, 5.41) is 4.39. The molecule has 1 fully saturated rings. The van der Waals surface area contributed by atoms with Crippen molar-refractivity contribution in [3.8, 4) is 17.2 Å². The molecule has 6 heteroatoms. The highest BCUT2D eigenvalue weighted by atomic mass is 35.5. The molecule has 0 radical (unpaired) electrons. The lowest BCUT2D eigenvalue weighted by Crippen LogP contribution is -2.42. The monoisotopic (exact) mass is 405 g/mol. The van der Waals surface area contributed by atoms with Crippen molar-refractivity contribution in [1.29, 1.82) is 0 Å². The molecule has 0 amide bonds. The molecule has 0 aromatic heterocycles. The highest BCUT2D eigenvalue weighted by Crippen LogP contribution is 2.38. The molecule has 1 saturated heterocycles. The Labute approximate surface area is 171 Å². The van der Waals surface area contributed by atoms with E-state index in [0.29, 0.717) is 23.8 Å². The summed E-state index contributed by atoms with van der Waals surface area (Å²) in [4.78, 5) is 0. The van der Waals surface area contributed by atoms with Crippen LogP contribution in [0.2, 0.25) is 5.02 Å². The highest BCUT2D eigenvalue weighted by molar-refractivity contribution is 6.30. The number of hydrogen-bond acceptors (Lipinski definition) is 5. The van der Waals surface area contributed by atoms with Gasteiger partial charge in [-0.3, -0.25) is 0 Å². The Bertz CT molecular complexity index is 748. The number of nitrogens with one attached hydrogen (secondary N) is 1. The molecule has 5 nitrogen and oxygen atoms in total. The van der Waals surface area contributed by atoms with Gasteiger partial charge in [-0.2, -0.15) is 0 Å². The van der Waals surface area contributed by atoms with Crippen LogP contribution in [0.5, 0.6) is 17.2 Å². The summed E-state index contributed by atoms with van der Waals surface area (Å²) < 4.78 is 21.9. The quantitative estimate of drug-likeness (QED) is 0.713. The molecule has 28 heavy (non-hydrogen) atoms. The molecule has 3 rings (SSSR count). The van der Waals surface area contributed by atoms with Crippen LogP contribution in [-0.4, -0.2) is 41.1 Å². The zero-order valence-corrected chi connectivity index (χ0v) is 17.5. The first kappa shape index (κ1) is 20.8. The Morgan fingerprint density at radius 2 is 1.57 bits per heavy atom. The average molecular weight is 406 g/mol. The number of methoxy groups -OCH3 is 3. The normalized spacial score (nSPS) is 15.9. The standard InChI is InChI=1S/C22H28ClNO4/c1-25-19-12-16(13-20(26-2)21(19)27-3)14-24-15-22(8-10-28-11-9-22)17-4-6-18(23)7-5-17/h4-7,12-13,24H,8-11,14-15H2,1-3H3. The van der Waals surface area contributed by atoms with Gasteiger partial charge < -0.3 is 24.3 Å². The minimum atomic E-state index is 0.0451. The molecule has 0 atom stereocenters. The minimum absolute atomic E-state index is 0.0451. The maximum absolute atomic E-state index is 6.09. The van der Waals surface area contributed by atoms with Gasteiger partial charge in [0.15, 0.2) is 11.5 Å². The average Bonchev–Trinajstić information content (AvgIpc) is 2.74. The third-order valence-corrected chi connectivity index (χ3v) is 5.68. The second-order valence-corrected chi connectivity index (χ2v) is 7.47. The highest BCUT2D eigenvalue weighted by Gasteiger charge is 2.34. The van der Waals surface area contributed by atoms with Crippen LogP contribution in [0.4, 0.5) is 0 Å². The van der Waals surface area contributed by atoms with E-state index in [1.54, 1.807) is 21.3 Å². The van der Waals surface area contributed by atoms with Gasteiger partial charge in [0.1, 0.15) is 0 Å². The lowest BCUT2D eigenvalue weighted by atomic mass is 9.74. The first-order valence-corrected chi connectivity index (χ1v) is 9.83. The summed E-state index contributed by atoms with van der Waals surface area (Å²) in [6.45, 7) is 3.10. The Morgan fingerprint density at radius 1 is 0.964 bits per heavy atom. The van der Waals surface area contributed by atoms with Crippen LogP contribution in [0.1, 0.15) is 24.0 Å². The molecule has 1 heterocycles. The first-order chi connectivity index (χ1) is 13.6. The number of rotatable bonds is 8. The fourth-order valence-corrected chi connectivity index (χ4v) is 3.94. The predicted molar refractivity (Wildman–Crippen MR) is 111 cm³/mol. The van der Waals surface area contributed by atoms with Crippen molar-refractivity contribution >= 4 is 11.6 Å². The summed E-state index contributed by atoms with van der Waals surface area (Å²) >= 11 is 6.09. The molecular formula is C22H28ClNO4. The van der Waals surface area contributed by atoms with E-state index in [2.05, 4.69) is 17.4 Å². The topological polar surface area (TPSA) is 49.0 Å². The minimum Gasteiger partial charge on any atom is -0.493 e. The van der Waals surface area contributed by atoms with Crippen LogP contribution >= 0.6 is 11.6 Å². The van der Waals surface area contributed by atoms with E-state index in [9.17, 15) is 0 Å². The van der Waals surface area contributed by atoms with Crippen molar-refractivity contribution in [2.75, 3.05) is 41.1 Å². The summed E-state index contributed by atoms with van der Waals surface area (Å²) in [7, 11) is 4.87. The van der Waals surface area contributed by atoms with Crippen LogP contribution < -0.4 is 19.5 Å². The summed E-state index contributed by atoms with van der Waals surface area (Å²) in [5.41, 5.74) is 2.43. The van der Waals surface area contributed by atoms with Crippen molar-refractivity contribution in [2.45, 2.75) is 24.8 Å². The maximum atomic E-state index is 6.09. The van der Waals surface area contributed by atoms with Gasteiger partial charge in [-0.25, -0.2) is 0 Å². The van der Waals surface area contributed by atoms with Crippen LogP contribution in [0, 0.1) is 0 Å². The molecule has 0 bridgehead atoms. The molecule has 0 aliphatic carbocycles. The molecule has 0 spiro atoms. The maximum Gasteiger partial charge on any atom is 0.203 e. The van der Waals surface area contributed by atoms with E-state index in [-0.39, 0.29) is 5.41 Å². The molecular weight excluding hydrogens is 378 g/mol. The van der Waals surface area contributed by atoms with Gasteiger partial charge in [-0.15, -0.1) is 0 Å². The Hall–Kier alpha value is -1.95. The molecule has 1 N–H and O–H groups in total. The third kappa shape index (κ3) is 4.54. The summed E-state index contributed by atoms with van der Waals surface area (Å²) in [5.74, 6) is 1.94. The largest absolute Gasteiger partial charge is 0.493 e. The van der Waals surface area contributed by atoms with Crippen LogP contribution in [0.15, 0.2) is 36.4 Å². The van der Waals surface area contributed by atoms with Crippen LogP contribution in [-0.2, 0) is 16.7 Å². The van der Waals surface area contributed by atoms with Gasteiger partial charge in [-0.05, 0) is 48.2 Å². The first-order valence-electron chi connectivity index (χ1n) is 9.45. The number of ether oxygens (including phenoxy) is 4. The fraction of sp³-hybridized carbons (Fsp3) is 0.455. The van der Waals surface area contributed by atoms with Gasteiger partial charge in [-0.1, -0.05) is 23.7 Å². The second kappa shape index (κ2) is 9.50. The van der Waals surface area contributed by atoms with Gasteiger partial charge >= 0.3 is 0 Å². The Kier molecular flexibility index (Phi) is 7.05. The van der Waals surface area contributed by atoms with Crippen molar-refractivity contribution in [3.63, 3.8) is 0 Å². The molecule has 0 saturated carbocycles. The third-order valence-electron chi connectivity index (χ3n) is 5.42. The molecule has 0 unspecified atom stereocenters. The molecule has 1 aliphatic rings. The van der Waals surface area contributed by atoms with Crippen molar-refractivity contribution in [3.05, 3.63) is 52.5 Å². The van der Waals surface area contributed by atoms with E-state index in [1.807, 2.05) is 24.3 Å². The molecule has 2 aromatic carbocycles. The molecule has 152 valence electrons. The lowest BCUT2D eigenvalue weighted by molar-refractivity contribution is 0.0498. The number of benzene rings is 2. The van der Waals surface area contributed by atoms with E-state index in [4.69, 9.17) is 30.5 Å². The van der Waals surface area contributed by atoms with E-state index >= 15 is 0 Å². The van der Waals surface area contributed by atoms with Crippen LogP contribution in [0.25, 0.3) is 0 Å². The van der Waals surface area contributed by atoms with Crippen LogP contribution in [0.3, 0.4) is 0 Å². The zero-order chi connectivity index (χ0) is 20.0. The van der Waals surface area contributed by atoms with Gasteiger partial charge in [0.2, 0.25) is 5.75 Å². The molecule has 2 aromatic rings. The number of halogens is 1. The Balaban J connectivity index is 1.75. The number of hydrogen-bond donors (Lipinski definition) is 1. The van der Waals surface area contributed by atoms with E-state index in [1.165, 1.54) is 5.56 Å². The van der Waals surface area contributed by atoms with Crippen molar-refractivity contribution in [1.82, 2.24) is 5.32 Å². The lowest BCUT2D eigenvalue weighted by Gasteiger charge is -2.38. The van der Waals surface area contributed by atoms with Crippen molar-refractivity contribution in [2.24, 2.45) is 0 Å². The smallest absolute Gasteiger partial charge is 0.203 e. The van der Waals surface area contributed by atoms with E-state index < -0.39 is 0 Å². The van der Waals surface area contributed by atoms with E-state index in [0.717, 1.165) is 43.2 Å².